The van der Waals surface area contributed by atoms with Crippen molar-refractivity contribution in [2.24, 2.45) is 0 Å². The zero-order valence-corrected chi connectivity index (χ0v) is 11.9. The van der Waals surface area contributed by atoms with E-state index in [0.29, 0.717) is 17.6 Å². The zero-order chi connectivity index (χ0) is 15.0. The quantitative estimate of drug-likeness (QED) is 0.658. The molecule has 0 fully saturated rings. The molecule has 0 bridgehead atoms. The van der Waals surface area contributed by atoms with E-state index in [0.717, 1.165) is 49.4 Å². The van der Waals surface area contributed by atoms with Crippen LogP contribution in [0.15, 0.2) is 6.07 Å². The van der Waals surface area contributed by atoms with Crippen LogP contribution in [-0.4, -0.2) is 11.5 Å². The fraction of sp³-hybridized carbons (Fsp3) is 0.438. The van der Waals surface area contributed by atoms with Gasteiger partial charge < -0.3 is 5.32 Å². The minimum atomic E-state index is -1.45. The summed E-state index contributed by atoms with van der Waals surface area (Å²) in [6.45, 7) is 2.55. The molecule has 0 radical (unpaired) electrons. The Kier molecular flexibility index (Phi) is 3.74. The highest BCUT2D eigenvalue weighted by atomic mass is 19.2. The first-order valence-electron chi connectivity index (χ1n) is 7.36. The molecule has 0 saturated heterocycles. The Hall–Kier alpha value is -1.78. The third-order valence-corrected chi connectivity index (χ3v) is 4.00. The summed E-state index contributed by atoms with van der Waals surface area (Å²) in [5.74, 6) is -3.82. The van der Waals surface area contributed by atoms with Crippen molar-refractivity contribution in [3.05, 3.63) is 34.8 Å². The largest absolute Gasteiger partial charge is 0.384 e. The van der Waals surface area contributed by atoms with Gasteiger partial charge in [0.2, 0.25) is 0 Å². The van der Waals surface area contributed by atoms with Gasteiger partial charge in [-0.25, -0.2) is 18.2 Å². The molecule has 0 atom stereocenters. The lowest BCUT2D eigenvalue weighted by Crippen LogP contribution is -2.08. The monoisotopic (exact) mass is 294 g/mol. The van der Waals surface area contributed by atoms with E-state index in [1.807, 2.05) is 6.92 Å². The number of halogens is 3. The molecule has 2 aromatic rings. The first-order chi connectivity index (χ1) is 10.1. The second kappa shape index (κ2) is 5.54. The highest BCUT2D eigenvalue weighted by molar-refractivity contribution is 5.94. The molecule has 0 unspecified atom stereocenters. The van der Waals surface area contributed by atoms with E-state index in [4.69, 9.17) is 0 Å². The summed E-state index contributed by atoms with van der Waals surface area (Å²) in [6, 6.07) is 1.05. The van der Waals surface area contributed by atoms with Gasteiger partial charge >= 0.3 is 0 Å². The number of nitrogens with one attached hydrogen (secondary N) is 1. The van der Waals surface area contributed by atoms with Crippen LogP contribution in [0.5, 0.6) is 0 Å². The van der Waals surface area contributed by atoms with Crippen LogP contribution in [0.2, 0.25) is 0 Å². The Morgan fingerprint density at radius 2 is 1.86 bits per heavy atom. The predicted molar refractivity (Wildman–Crippen MR) is 77.0 cm³/mol. The first kappa shape index (κ1) is 14.2. The summed E-state index contributed by atoms with van der Waals surface area (Å²) in [6.07, 6.45) is 4.69. The molecule has 112 valence electrons. The normalized spacial score (nSPS) is 14.9. The lowest BCUT2D eigenvalue weighted by molar-refractivity contribution is 0.452. The van der Waals surface area contributed by atoms with Crippen LogP contribution in [0.1, 0.15) is 37.4 Å². The molecule has 1 aromatic heterocycles. The van der Waals surface area contributed by atoms with Crippen LogP contribution in [0.3, 0.4) is 0 Å². The van der Waals surface area contributed by atoms with Gasteiger partial charge in [0.15, 0.2) is 17.5 Å². The van der Waals surface area contributed by atoms with Gasteiger partial charge in [0.1, 0.15) is 5.52 Å². The SMILES string of the molecule is CCNc1c2c(nc3c(F)c(F)c(F)cc13)CCCCC2. The van der Waals surface area contributed by atoms with Crippen molar-refractivity contribution in [2.45, 2.75) is 39.0 Å². The Morgan fingerprint density at radius 1 is 1.10 bits per heavy atom. The molecule has 0 saturated carbocycles. The standard InChI is InChI=1S/C16H17F3N2/c1-2-20-15-9-6-4-3-5-7-12(9)21-16-10(15)8-11(17)13(18)14(16)19/h8H,2-7H2,1H3,(H,20,21). The van der Waals surface area contributed by atoms with E-state index in [2.05, 4.69) is 10.3 Å². The zero-order valence-electron chi connectivity index (χ0n) is 11.9. The van der Waals surface area contributed by atoms with Crippen LogP contribution >= 0.6 is 0 Å². The maximum absolute atomic E-state index is 14.0. The van der Waals surface area contributed by atoms with Crippen molar-refractivity contribution < 1.29 is 13.2 Å². The number of hydrogen-bond acceptors (Lipinski definition) is 2. The topological polar surface area (TPSA) is 24.9 Å². The van der Waals surface area contributed by atoms with Crippen molar-refractivity contribution in [3.8, 4) is 0 Å². The minimum Gasteiger partial charge on any atom is -0.384 e. The molecule has 21 heavy (non-hydrogen) atoms. The van der Waals surface area contributed by atoms with E-state index in [1.165, 1.54) is 0 Å². The number of anilines is 1. The number of rotatable bonds is 2. The molecule has 0 aliphatic heterocycles. The molecular formula is C16H17F3N2. The predicted octanol–water partition coefficient (Wildman–Crippen LogP) is 4.35. The number of nitrogens with zero attached hydrogens (tertiary/aromatic N) is 1. The molecule has 1 heterocycles. The van der Waals surface area contributed by atoms with Gasteiger partial charge in [0, 0.05) is 23.3 Å². The average Bonchev–Trinajstić information content (AvgIpc) is 2.71. The van der Waals surface area contributed by atoms with E-state index < -0.39 is 17.5 Å². The summed E-state index contributed by atoms with van der Waals surface area (Å²) in [5, 5.41) is 3.51. The first-order valence-corrected chi connectivity index (χ1v) is 7.36. The molecule has 3 rings (SSSR count). The average molecular weight is 294 g/mol. The van der Waals surface area contributed by atoms with Crippen molar-refractivity contribution >= 4 is 16.6 Å². The van der Waals surface area contributed by atoms with Gasteiger partial charge in [-0.3, -0.25) is 0 Å². The molecule has 1 aromatic carbocycles. The summed E-state index contributed by atoms with van der Waals surface area (Å²) in [5.41, 5.74) is 2.45. The molecule has 1 N–H and O–H groups in total. The van der Waals surface area contributed by atoms with Crippen molar-refractivity contribution in [1.29, 1.82) is 0 Å². The van der Waals surface area contributed by atoms with Crippen LogP contribution in [0.25, 0.3) is 10.9 Å². The molecule has 5 heteroatoms. The van der Waals surface area contributed by atoms with Crippen molar-refractivity contribution in [2.75, 3.05) is 11.9 Å². The summed E-state index contributed by atoms with van der Waals surface area (Å²) in [7, 11) is 0. The molecule has 1 aliphatic rings. The molecule has 0 spiro atoms. The molecule has 2 nitrogen and oxygen atoms in total. The fourth-order valence-corrected chi connectivity index (χ4v) is 3.02. The second-order valence-corrected chi connectivity index (χ2v) is 5.39. The van der Waals surface area contributed by atoms with Gasteiger partial charge in [-0.1, -0.05) is 6.42 Å². The Labute approximate surface area is 121 Å². The van der Waals surface area contributed by atoms with Gasteiger partial charge in [-0.15, -0.1) is 0 Å². The highest BCUT2D eigenvalue weighted by Gasteiger charge is 2.22. The number of hydrogen-bond donors (Lipinski definition) is 1. The third-order valence-electron chi connectivity index (χ3n) is 4.00. The minimum absolute atomic E-state index is 0.0782. The fourth-order valence-electron chi connectivity index (χ4n) is 3.02. The van der Waals surface area contributed by atoms with Gasteiger partial charge in [0.05, 0.1) is 0 Å². The smallest absolute Gasteiger partial charge is 0.196 e. The van der Waals surface area contributed by atoms with E-state index in [1.54, 1.807) is 0 Å². The van der Waals surface area contributed by atoms with E-state index >= 15 is 0 Å². The Balaban J connectivity index is 2.36. The summed E-state index contributed by atoms with van der Waals surface area (Å²) < 4.78 is 41.1. The Bertz CT molecular complexity index is 698. The molecule has 1 aliphatic carbocycles. The van der Waals surface area contributed by atoms with Crippen LogP contribution in [0.4, 0.5) is 18.9 Å². The summed E-state index contributed by atoms with van der Waals surface area (Å²) in [4.78, 5) is 4.30. The number of aryl methyl sites for hydroxylation is 1. The third kappa shape index (κ3) is 2.34. The number of aromatic nitrogens is 1. The van der Waals surface area contributed by atoms with Gasteiger partial charge in [0.25, 0.3) is 0 Å². The van der Waals surface area contributed by atoms with Crippen molar-refractivity contribution in [1.82, 2.24) is 4.98 Å². The number of pyridine rings is 1. The number of fused-ring (bicyclic) bond motifs is 2. The van der Waals surface area contributed by atoms with Crippen molar-refractivity contribution in [3.63, 3.8) is 0 Å². The maximum atomic E-state index is 14.0. The maximum Gasteiger partial charge on any atom is 0.196 e. The highest BCUT2D eigenvalue weighted by Crippen LogP contribution is 2.35. The van der Waals surface area contributed by atoms with E-state index in [-0.39, 0.29) is 5.52 Å². The Morgan fingerprint density at radius 3 is 2.62 bits per heavy atom. The van der Waals surface area contributed by atoms with Crippen LogP contribution in [-0.2, 0) is 12.8 Å². The molecular weight excluding hydrogens is 277 g/mol. The summed E-state index contributed by atoms with van der Waals surface area (Å²) >= 11 is 0. The van der Waals surface area contributed by atoms with Crippen LogP contribution in [0, 0.1) is 17.5 Å². The molecule has 0 amide bonds. The van der Waals surface area contributed by atoms with Gasteiger partial charge in [-0.05, 0) is 44.2 Å². The van der Waals surface area contributed by atoms with Gasteiger partial charge in [-0.2, -0.15) is 0 Å². The van der Waals surface area contributed by atoms with E-state index in [9.17, 15) is 13.2 Å². The number of benzene rings is 1. The lowest BCUT2D eigenvalue weighted by atomic mass is 10.0. The second-order valence-electron chi connectivity index (χ2n) is 5.39. The lowest BCUT2D eigenvalue weighted by Gasteiger charge is -2.17. The van der Waals surface area contributed by atoms with Crippen LogP contribution < -0.4 is 5.32 Å².